The minimum Gasteiger partial charge on any atom is -0.379 e. The van der Waals surface area contributed by atoms with Crippen molar-refractivity contribution in [1.82, 2.24) is 10.2 Å². The summed E-state index contributed by atoms with van der Waals surface area (Å²) in [6, 6.07) is 15.0. The standard InChI is InChI=1S/C26H35FN2O3/c1-19(2)26(31)29(18-22-11-13-23(27)14-12-22)24(17-21-9-6-5-7-10-21)25(30)28-15-8-16-32-20(3)4/h5-7,9-14,19-20,24H,8,15-18H2,1-4H3,(H,28,30). The molecule has 0 saturated carbocycles. The largest absolute Gasteiger partial charge is 0.379 e. The van der Waals surface area contributed by atoms with Gasteiger partial charge in [-0.3, -0.25) is 9.59 Å². The third kappa shape index (κ3) is 8.42. The van der Waals surface area contributed by atoms with Crippen molar-refractivity contribution < 1.29 is 18.7 Å². The molecule has 0 aliphatic heterocycles. The molecule has 0 aliphatic carbocycles. The number of nitrogens with one attached hydrogen (secondary N) is 1. The van der Waals surface area contributed by atoms with Gasteiger partial charge in [0, 0.05) is 32.0 Å². The Morgan fingerprint density at radius 3 is 2.22 bits per heavy atom. The Morgan fingerprint density at radius 2 is 1.62 bits per heavy atom. The van der Waals surface area contributed by atoms with Crippen LogP contribution in [0.15, 0.2) is 54.6 Å². The molecule has 2 rings (SSSR count). The van der Waals surface area contributed by atoms with Gasteiger partial charge in [-0.1, -0.05) is 56.3 Å². The predicted octanol–water partition coefficient (Wildman–Crippen LogP) is 4.35. The first-order valence-electron chi connectivity index (χ1n) is 11.3. The van der Waals surface area contributed by atoms with Gasteiger partial charge in [-0.05, 0) is 43.5 Å². The van der Waals surface area contributed by atoms with Crippen molar-refractivity contribution in [2.45, 2.75) is 59.2 Å². The molecule has 0 aromatic heterocycles. The van der Waals surface area contributed by atoms with Gasteiger partial charge >= 0.3 is 0 Å². The van der Waals surface area contributed by atoms with Crippen LogP contribution in [0, 0.1) is 11.7 Å². The molecule has 0 bridgehead atoms. The van der Waals surface area contributed by atoms with Crippen LogP contribution >= 0.6 is 0 Å². The molecule has 5 nitrogen and oxygen atoms in total. The topological polar surface area (TPSA) is 58.6 Å². The van der Waals surface area contributed by atoms with Crippen molar-refractivity contribution in [3.05, 3.63) is 71.5 Å². The Kier molecular flexibility index (Phi) is 10.3. The minimum atomic E-state index is -0.677. The van der Waals surface area contributed by atoms with Crippen molar-refractivity contribution in [1.29, 1.82) is 0 Å². The van der Waals surface area contributed by atoms with Crippen LogP contribution in [0.2, 0.25) is 0 Å². The van der Waals surface area contributed by atoms with E-state index in [2.05, 4.69) is 5.32 Å². The maximum Gasteiger partial charge on any atom is 0.243 e. The Hall–Kier alpha value is -2.73. The summed E-state index contributed by atoms with van der Waals surface area (Å²) in [5.74, 6) is -0.929. The SMILES string of the molecule is CC(C)OCCCNC(=O)C(Cc1ccccc1)N(Cc1ccc(F)cc1)C(=O)C(C)C. The Morgan fingerprint density at radius 1 is 0.969 bits per heavy atom. The quantitative estimate of drug-likeness (QED) is 0.497. The molecule has 2 aromatic rings. The van der Waals surface area contributed by atoms with E-state index in [1.54, 1.807) is 17.0 Å². The molecule has 0 radical (unpaired) electrons. The van der Waals surface area contributed by atoms with Gasteiger partial charge in [-0.25, -0.2) is 4.39 Å². The summed E-state index contributed by atoms with van der Waals surface area (Å²) in [6.07, 6.45) is 1.23. The zero-order valence-corrected chi connectivity index (χ0v) is 19.5. The lowest BCUT2D eigenvalue weighted by Crippen LogP contribution is -2.51. The third-order valence-corrected chi connectivity index (χ3v) is 5.07. The van der Waals surface area contributed by atoms with E-state index >= 15 is 0 Å². The summed E-state index contributed by atoms with van der Waals surface area (Å²) in [6.45, 7) is 8.85. The Bertz CT molecular complexity index is 838. The molecule has 1 N–H and O–H groups in total. The number of rotatable bonds is 12. The van der Waals surface area contributed by atoms with Gasteiger partial charge in [0.25, 0.3) is 0 Å². The molecular weight excluding hydrogens is 407 g/mol. The molecule has 2 aromatic carbocycles. The van der Waals surface area contributed by atoms with Gasteiger partial charge in [0.15, 0.2) is 0 Å². The number of amides is 2. The maximum atomic E-state index is 13.4. The van der Waals surface area contributed by atoms with Crippen LogP contribution in [0.4, 0.5) is 4.39 Å². The molecular formula is C26H35FN2O3. The monoisotopic (exact) mass is 442 g/mol. The zero-order valence-electron chi connectivity index (χ0n) is 19.5. The molecule has 1 atom stereocenters. The van der Waals surface area contributed by atoms with Crippen molar-refractivity contribution >= 4 is 11.8 Å². The van der Waals surface area contributed by atoms with Gasteiger partial charge in [0.1, 0.15) is 11.9 Å². The Balaban J connectivity index is 2.23. The lowest BCUT2D eigenvalue weighted by Gasteiger charge is -2.33. The van der Waals surface area contributed by atoms with Crippen LogP contribution in [-0.4, -0.2) is 42.0 Å². The number of benzene rings is 2. The number of carbonyl (C=O) groups excluding carboxylic acids is 2. The molecule has 0 spiro atoms. The maximum absolute atomic E-state index is 13.4. The highest BCUT2D eigenvalue weighted by Gasteiger charge is 2.31. The fraction of sp³-hybridized carbons (Fsp3) is 0.462. The molecule has 0 heterocycles. The van der Waals surface area contributed by atoms with Crippen LogP contribution in [-0.2, 0) is 27.3 Å². The first-order valence-corrected chi connectivity index (χ1v) is 11.3. The fourth-order valence-corrected chi connectivity index (χ4v) is 3.36. The second-order valence-electron chi connectivity index (χ2n) is 8.52. The van der Waals surface area contributed by atoms with E-state index in [9.17, 15) is 14.0 Å². The van der Waals surface area contributed by atoms with Gasteiger partial charge < -0.3 is 15.0 Å². The summed E-state index contributed by atoms with van der Waals surface area (Å²) in [7, 11) is 0. The number of carbonyl (C=O) groups is 2. The molecule has 0 aliphatic rings. The molecule has 32 heavy (non-hydrogen) atoms. The Labute approximate surface area is 191 Å². The highest BCUT2D eigenvalue weighted by atomic mass is 19.1. The van der Waals surface area contributed by atoms with Crippen molar-refractivity contribution in [3.63, 3.8) is 0 Å². The van der Waals surface area contributed by atoms with Gasteiger partial charge in [-0.2, -0.15) is 0 Å². The van der Waals surface area contributed by atoms with E-state index < -0.39 is 6.04 Å². The van der Waals surface area contributed by atoms with Gasteiger partial charge in [0.05, 0.1) is 6.10 Å². The van der Waals surface area contributed by atoms with E-state index in [1.165, 1.54) is 12.1 Å². The number of hydrogen-bond acceptors (Lipinski definition) is 3. The smallest absolute Gasteiger partial charge is 0.243 e. The van der Waals surface area contributed by atoms with Crippen LogP contribution in [0.3, 0.4) is 0 Å². The van der Waals surface area contributed by atoms with Gasteiger partial charge in [-0.15, -0.1) is 0 Å². The molecule has 0 fully saturated rings. The molecule has 174 valence electrons. The van der Waals surface area contributed by atoms with E-state index in [1.807, 2.05) is 58.0 Å². The first kappa shape index (κ1) is 25.5. The summed E-state index contributed by atoms with van der Waals surface area (Å²) >= 11 is 0. The number of halogens is 1. The van der Waals surface area contributed by atoms with Crippen LogP contribution in [0.5, 0.6) is 0 Å². The van der Waals surface area contributed by atoms with E-state index in [0.717, 1.165) is 11.1 Å². The molecule has 0 saturated heterocycles. The number of ether oxygens (including phenoxy) is 1. The number of hydrogen-bond donors (Lipinski definition) is 1. The summed E-state index contributed by atoms with van der Waals surface area (Å²) in [5, 5.41) is 2.97. The second kappa shape index (κ2) is 13.0. The van der Waals surface area contributed by atoms with E-state index in [0.29, 0.717) is 26.0 Å². The summed E-state index contributed by atoms with van der Waals surface area (Å²) < 4.78 is 18.9. The summed E-state index contributed by atoms with van der Waals surface area (Å²) in [4.78, 5) is 28.0. The summed E-state index contributed by atoms with van der Waals surface area (Å²) in [5.41, 5.74) is 1.74. The zero-order chi connectivity index (χ0) is 23.5. The van der Waals surface area contributed by atoms with Crippen LogP contribution in [0.25, 0.3) is 0 Å². The van der Waals surface area contributed by atoms with Crippen molar-refractivity contribution in [3.8, 4) is 0 Å². The number of nitrogens with zero attached hydrogens (tertiary/aromatic N) is 1. The molecule has 6 heteroatoms. The van der Waals surface area contributed by atoms with E-state index in [-0.39, 0.29) is 36.2 Å². The average Bonchev–Trinajstić information content (AvgIpc) is 2.77. The van der Waals surface area contributed by atoms with Gasteiger partial charge in [0.2, 0.25) is 11.8 Å². The fourth-order valence-electron chi connectivity index (χ4n) is 3.36. The third-order valence-electron chi connectivity index (χ3n) is 5.07. The molecule has 1 unspecified atom stereocenters. The lowest BCUT2D eigenvalue weighted by atomic mass is 10.0. The van der Waals surface area contributed by atoms with Crippen LogP contribution < -0.4 is 5.32 Å². The lowest BCUT2D eigenvalue weighted by molar-refractivity contribution is -0.143. The van der Waals surface area contributed by atoms with E-state index in [4.69, 9.17) is 4.74 Å². The second-order valence-corrected chi connectivity index (χ2v) is 8.52. The normalized spacial score (nSPS) is 12.1. The first-order chi connectivity index (χ1) is 15.3. The highest BCUT2D eigenvalue weighted by Crippen LogP contribution is 2.17. The predicted molar refractivity (Wildman–Crippen MR) is 124 cm³/mol. The van der Waals surface area contributed by atoms with Crippen molar-refractivity contribution in [2.24, 2.45) is 5.92 Å². The van der Waals surface area contributed by atoms with Crippen molar-refractivity contribution in [2.75, 3.05) is 13.2 Å². The average molecular weight is 443 g/mol. The highest BCUT2D eigenvalue weighted by molar-refractivity contribution is 5.88. The minimum absolute atomic E-state index is 0.117. The van der Waals surface area contributed by atoms with Crippen LogP contribution in [0.1, 0.15) is 45.2 Å². The molecule has 2 amide bonds.